The van der Waals surface area contributed by atoms with Crippen LogP contribution < -0.4 is 11.1 Å². The molecule has 17 heavy (non-hydrogen) atoms. The lowest BCUT2D eigenvalue weighted by atomic mass is 10.1. The summed E-state index contributed by atoms with van der Waals surface area (Å²) in [4.78, 5) is 0. The molecule has 3 N–H and O–H groups in total. The average molecular weight is 231 g/mol. The van der Waals surface area contributed by atoms with Crippen LogP contribution in [0.3, 0.4) is 0 Å². The second-order valence-corrected chi connectivity index (χ2v) is 4.38. The van der Waals surface area contributed by atoms with Gasteiger partial charge >= 0.3 is 0 Å². The predicted octanol–water partition coefficient (Wildman–Crippen LogP) is 2.80. The maximum absolute atomic E-state index is 9.08. The zero-order valence-corrected chi connectivity index (χ0v) is 10.7. The van der Waals surface area contributed by atoms with Crippen molar-refractivity contribution in [2.75, 3.05) is 11.9 Å². The number of aryl methyl sites for hydroxylation is 1. The van der Waals surface area contributed by atoms with Gasteiger partial charge in [0.05, 0.1) is 11.3 Å². The molecule has 0 saturated carbocycles. The van der Waals surface area contributed by atoms with Gasteiger partial charge in [0.1, 0.15) is 6.07 Å². The lowest BCUT2D eigenvalue weighted by Gasteiger charge is -2.18. The summed E-state index contributed by atoms with van der Waals surface area (Å²) in [5.74, 6) is 0. The highest BCUT2D eigenvalue weighted by molar-refractivity contribution is 5.59. The van der Waals surface area contributed by atoms with E-state index in [-0.39, 0.29) is 6.04 Å². The van der Waals surface area contributed by atoms with Gasteiger partial charge in [-0.1, -0.05) is 25.8 Å². The molecular weight excluding hydrogens is 210 g/mol. The van der Waals surface area contributed by atoms with Crippen LogP contribution in [0.25, 0.3) is 0 Å². The van der Waals surface area contributed by atoms with Crippen molar-refractivity contribution in [3.05, 3.63) is 29.3 Å². The Labute approximate surface area is 104 Å². The zero-order valence-electron chi connectivity index (χ0n) is 10.7. The Morgan fingerprint density at radius 3 is 2.82 bits per heavy atom. The van der Waals surface area contributed by atoms with Crippen molar-refractivity contribution >= 4 is 5.69 Å². The second-order valence-electron chi connectivity index (χ2n) is 4.38. The number of nitrogens with two attached hydrogens (primary N) is 1. The highest BCUT2D eigenvalue weighted by atomic mass is 14.9. The Bertz CT molecular complexity index is 393. The summed E-state index contributed by atoms with van der Waals surface area (Å²) in [5, 5.41) is 12.4. The van der Waals surface area contributed by atoms with Gasteiger partial charge in [-0.3, -0.25) is 0 Å². The Kier molecular flexibility index (Phi) is 5.51. The van der Waals surface area contributed by atoms with Crippen molar-refractivity contribution in [2.45, 2.75) is 39.2 Å². The molecular formula is C14H21N3. The fraction of sp³-hybridized carbons (Fsp3) is 0.500. The highest BCUT2D eigenvalue weighted by Gasteiger charge is 2.08. The first-order valence-corrected chi connectivity index (χ1v) is 6.18. The van der Waals surface area contributed by atoms with E-state index in [4.69, 9.17) is 11.0 Å². The van der Waals surface area contributed by atoms with Gasteiger partial charge < -0.3 is 11.1 Å². The number of rotatable bonds is 6. The predicted molar refractivity (Wildman–Crippen MR) is 71.9 cm³/mol. The number of nitrogens with one attached hydrogen (secondary N) is 1. The molecule has 1 rings (SSSR count). The average Bonchev–Trinajstić information content (AvgIpc) is 2.35. The van der Waals surface area contributed by atoms with Crippen LogP contribution in [-0.2, 0) is 0 Å². The van der Waals surface area contributed by atoms with Gasteiger partial charge in [-0.2, -0.15) is 5.26 Å². The first-order chi connectivity index (χ1) is 8.21. The van der Waals surface area contributed by atoms with E-state index in [0.29, 0.717) is 12.1 Å². The van der Waals surface area contributed by atoms with Gasteiger partial charge in [0.15, 0.2) is 0 Å². The first-order valence-electron chi connectivity index (χ1n) is 6.18. The molecule has 92 valence electrons. The number of nitriles is 1. The fourth-order valence-electron chi connectivity index (χ4n) is 1.80. The van der Waals surface area contributed by atoms with E-state index >= 15 is 0 Å². The van der Waals surface area contributed by atoms with E-state index in [2.05, 4.69) is 18.3 Å². The van der Waals surface area contributed by atoms with Crippen LogP contribution in [0.15, 0.2) is 18.2 Å². The summed E-state index contributed by atoms with van der Waals surface area (Å²) in [6.07, 6.45) is 3.37. The Morgan fingerprint density at radius 1 is 1.47 bits per heavy atom. The van der Waals surface area contributed by atoms with E-state index in [1.807, 2.05) is 25.1 Å². The van der Waals surface area contributed by atoms with Crippen molar-refractivity contribution in [1.29, 1.82) is 5.26 Å². The van der Waals surface area contributed by atoms with Crippen LogP contribution in [0.4, 0.5) is 5.69 Å². The quantitative estimate of drug-likeness (QED) is 0.791. The molecule has 0 amide bonds. The third kappa shape index (κ3) is 4.08. The monoisotopic (exact) mass is 231 g/mol. The van der Waals surface area contributed by atoms with E-state index < -0.39 is 0 Å². The largest absolute Gasteiger partial charge is 0.380 e. The molecule has 0 spiro atoms. The van der Waals surface area contributed by atoms with Gasteiger partial charge in [-0.15, -0.1) is 0 Å². The lowest BCUT2D eigenvalue weighted by molar-refractivity contribution is 0.614. The van der Waals surface area contributed by atoms with Crippen LogP contribution in [-0.4, -0.2) is 12.6 Å². The van der Waals surface area contributed by atoms with E-state index in [1.54, 1.807) is 0 Å². The summed E-state index contributed by atoms with van der Waals surface area (Å²) in [6, 6.07) is 8.34. The SMILES string of the molecule is CCCCC(CN)Nc1ccc(C)cc1C#N. The topological polar surface area (TPSA) is 61.8 Å². The smallest absolute Gasteiger partial charge is 0.101 e. The maximum atomic E-state index is 9.08. The molecule has 0 aliphatic heterocycles. The molecule has 0 aliphatic rings. The van der Waals surface area contributed by atoms with Gasteiger partial charge in [0, 0.05) is 12.6 Å². The van der Waals surface area contributed by atoms with Crippen LogP contribution in [0.1, 0.15) is 37.3 Å². The van der Waals surface area contributed by atoms with Crippen LogP contribution in [0.5, 0.6) is 0 Å². The van der Waals surface area contributed by atoms with Gasteiger partial charge in [0.25, 0.3) is 0 Å². The number of unbranched alkanes of at least 4 members (excludes halogenated alkanes) is 1. The molecule has 0 saturated heterocycles. The number of hydrogen-bond donors (Lipinski definition) is 2. The lowest BCUT2D eigenvalue weighted by Crippen LogP contribution is -2.29. The summed E-state index contributed by atoms with van der Waals surface area (Å²) >= 11 is 0. The van der Waals surface area contributed by atoms with Crippen molar-refractivity contribution in [3.63, 3.8) is 0 Å². The minimum Gasteiger partial charge on any atom is -0.380 e. The fourth-order valence-corrected chi connectivity index (χ4v) is 1.80. The Morgan fingerprint density at radius 2 is 2.24 bits per heavy atom. The number of nitrogens with zero attached hydrogens (tertiary/aromatic N) is 1. The van der Waals surface area contributed by atoms with E-state index in [9.17, 15) is 0 Å². The summed E-state index contributed by atoms with van der Waals surface area (Å²) in [5.41, 5.74) is 8.43. The molecule has 0 fully saturated rings. The standard InChI is InChI=1S/C14H21N3/c1-3-4-5-13(10-16)17-14-7-6-11(2)8-12(14)9-15/h6-8,13,17H,3-5,10,16H2,1-2H3. The van der Waals surface area contributed by atoms with Gasteiger partial charge in [-0.05, 0) is 31.0 Å². The normalized spacial score (nSPS) is 11.9. The molecule has 3 heteroatoms. The zero-order chi connectivity index (χ0) is 12.7. The number of hydrogen-bond acceptors (Lipinski definition) is 3. The molecule has 1 unspecified atom stereocenters. The maximum Gasteiger partial charge on any atom is 0.101 e. The molecule has 0 aromatic heterocycles. The van der Waals surface area contributed by atoms with Crippen molar-refractivity contribution in [2.24, 2.45) is 5.73 Å². The van der Waals surface area contributed by atoms with Crippen LogP contribution in [0.2, 0.25) is 0 Å². The molecule has 1 aromatic carbocycles. The van der Waals surface area contributed by atoms with Crippen molar-refractivity contribution in [1.82, 2.24) is 0 Å². The third-order valence-corrected chi connectivity index (χ3v) is 2.85. The molecule has 0 radical (unpaired) electrons. The van der Waals surface area contributed by atoms with Crippen molar-refractivity contribution in [3.8, 4) is 6.07 Å². The number of anilines is 1. The minimum atomic E-state index is 0.254. The molecule has 1 atom stereocenters. The van der Waals surface area contributed by atoms with Crippen LogP contribution >= 0.6 is 0 Å². The Balaban J connectivity index is 2.75. The second kappa shape index (κ2) is 6.93. The first kappa shape index (κ1) is 13.5. The molecule has 0 bridgehead atoms. The molecule has 0 heterocycles. The molecule has 3 nitrogen and oxygen atoms in total. The van der Waals surface area contributed by atoms with Gasteiger partial charge in [-0.25, -0.2) is 0 Å². The summed E-state index contributed by atoms with van der Waals surface area (Å²) in [7, 11) is 0. The third-order valence-electron chi connectivity index (χ3n) is 2.85. The molecule has 0 aliphatic carbocycles. The minimum absolute atomic E-state index is 0.254. The van der Waals surface area contributed by atoms with Gasteiger partial charge in [0.2, 0.25) is 0 Å². The summed E-state index contributed by atoms with van der Waals surface area (Å²) < 4.78 is 0. The highest BCUT2D eigenvalue weighted by Crippen LogP contribution is 2.18. The van der Waals surface area contributed by atoms with Crippen molar-refractivity contribution < 1.29 is 0 Å². The number of benzene rings is 1. The summed E-state index contributed by atoms with van der Waals surface area (Å²) in [6.45, 7) is 4.75. The van der Waals surface area contributed by atoms with Crippen LogP contribution in [0, 0.1) is 18.3 Å². The molecule has 1 aromatic rings. The Hall–Kier alpha value is -1.53. The van der Waals surface area contributed by atoms with E-state index in [1.165, 1.54) is 0 Å². The van der Waals surface area contributed by atoms with E-state index in [0.717, 1.165) is 30.5 Å².